The molecule has 1 unspecified atom stereocenters. The Morgan fingerprint density at radius 3 is 2.32 bits per heavy atom. The third-order valence-corrected chi connectivity index (χ3v) is 9.85. The minimum absolute atomic E-state index is 0.224. The summed E-state index contributed by atoms with van der Waals surface area (Å²) in [6.07, 6.45) is 2.13. The zero-order valence-electron chi connectivity index (χ0n) is 15.5. The number of amides is 1. The van der Waals surface area contributed by atoms with E-state index in [9.17, 15) is 18.3 Å². The van der Waals surface area contributed by atoms with Crippen molar-refractivity contribution in [1.82, 2.24) is 0 Å². The van der Waals surface area contributed by atoms with E-state index < -0.39 is 31.8 Å². The molecule has 6 nitrogen and oxygen atoms in total. The van der Waals surface area contributed by atoms with E-state index in [1.54, 1.807) is 13.0 Å². The molecule has 0 aromatic heterocycles. The number of aliphatic hydroxyl groups excluding tert-OH is 1. The lowest BCUT2D eigenvalue weighted by atomic mass is 9.86. The molecular weight excluding hydrogens is 361 g/mol. The number of carbonyl (C=O) groups excluding carboxylic acids is 1. The topological polar surface area (TPSA) is 93.0 Å². The lowest BCUT2D eigenvalue weighted by molar-refractivity contribution is -0.119. The third kappa shape index (κ3) is 3.90. The molecule has 0 bridgehead atoms. The molecule has 1 amide bonds. The number of ether oxygens (including phenoxy) is 1. The average molecular weight is 389 g/mol. The fourth-order valence-electron chi connectivity index (χ4n) is 2.67. The van der Waals surface area contributed by atoms with Crippen LogP contribution in [0.1, 0.15) is 47.5 Å². The van der Waals surface area contributed by atoms with Crippen LogP contribution in [0.2, 0.25) is 0 Å². The highest BCUT2D eigenvalue weighted by molar-refractivity contribution is 7.94. The molecule has 0 aromatic rings. The summed E-state index contributed by atoms with van der Waals surface area (Å²) >= 11 is 0. The number of rotatable bonds is 5. The Labute approximate surface area is 151 Å². The first-order valence-electron chi connectivity index (χ1n) is 8.52. The predicted molar refractivity (Wildman–Crippen MR) is 101 cm³/mol. The molecule has 0 aliphatic carbocycles. The summed E-state index contributed by atoms with van der Waals surface area (Å²) in [7, 11) is -3.42. The zero-order valence-corrected chi connectivity index (χ0v) is 17.3. The SMILES string of the molecule is C[C@H](O)C(C)(C)C1=CC(=NC(=O)C(C)(C)S(=O)(=O)C2CCOCC2)P1. The number of aliphatic hydroxyl groups is 1. The largest absolute Gasteiger partial charge is 0.393 e. The van der Waals surface area contributed by atoms with Crippen molar-refractivity contribution in [3.63, 3.8) is 0 Å². The van der Waals surface area contributed by atoms with Gasteiger partial charge in [-0.15, -0.1) is 0 Å². The molecule has 0 spiro atoms. The van der Waals surface area contributed by atoms with Gasteiger partial charge < -0.3 is 9.84 Å². The van der Waals surface area contributed by atoms with E-state index in [4.69, 9.17) is 4.74 Å². The molecule has 0 radical (unpaired) electrons. The van der Waals surface area contributed by atoms with Crippen molar-refractivity contribution in [2.45, 2.75) is 63.6 Å². The smallest absolute Gasteiger partial charge is 0.267 e. The number of nitrogens with zero attached hydrogens (tertiary/aromatic N) is 1. The second kappa shape index (κ2) is 7.18. The van der Waals surface area contributed by atoms with Crippen molar-refractivity contribution >= 4 is 29.8 Å². The van der Waals surface area contributed by atoms with Gasteiger partial charge in [-0.3, -0.25) is 4.79 Å². The van der Waals surface area contributed by atoms with Crippen molar-refractivity contribution in [3.8, 4) is 0 Å². The van der Waals surface area contributed by atoms with Crippen LogP contribution in [0, 0.1) is 5.41 Å². The van der Waals surface area contributed by atoms with Gasteiger partial charge in [-0.05, 0) is 53.6 Å². The van der Waals surface area contributed by atoms with Gasteiger partial charge in [0.1, 0.15) is 4.75 Å². The third-order valence-electron chi connectivity index (χ3n) is 5.34. The lowest BCUT2D eigenvalue weighted by Crippen LogP contribution is -2.47. The monoisotopic (exact) mass is 389 g/mol. The Morgan fingerprint density at radius 2 is 1.84 bits per heavy atom. The Bertz CT molecular complexity index is 701. The molecule has 8 heteroatoms. The first-order valence-corrected chi connectivity index (χ1v) is 11.1. The molecule has 1 fully saturated rings. The standard InChI is InChI=1S/C17H28NO5PS/c1-11(19)16(2,3)13-10-14(24-13)18-15(20)17(4,5)25(21,22)12-6-8-23-9-7-12/h10-12,19,24H,6-9H2,1-5H3/t11-/m0/s1. The fraction of sp³-hybridized carbons (Fsp3) is 0.765. The summed E-state index contributed by atoms with van der Waals surface area (Å²) < 4.78 is 29.4. The molecule has 2 aliphatic heterocycles. The van der Waals surface area contributed by atoms with E-state index in [-0.39, 0.29) is 14.0 Å². The van der Waals surface area contributed by atoms with Gasteiger partial charge in [0.15, 0.2) is 9.84 Å². The number of hydrogen-bond donors (Lipinski definition) is 1. The van der Waals surface area contributed by atoms with Crippen molar-refractivity contribution in [2.24, 2.45) is 10.4 Å². The number of sulfone groups is 1. The van der Waals surface area contributed by atoms with Crippen LogP contribution in [-0.4, -0.2) is 54.2 Å². The Hall–Kier alpha value is -0.620. The van der Waals surface area contributed by atoms with Crippen LogP contribution in [0.15, 0.2) is 16.4 Å². The average Bonchev–Trinajstić information content (AvgIpc) is 2.50. The van der Waals surface area contributed by atoms with Crippen molar-refractivity contribution in [2.75, 3.05) is 13.2 Å². The van der Waals surface area contributed by atoms with E-state index in [0.29, 0.717) is 31.5 Å². The van der Waals surface area contributed by atoms with Gasteiger partial charge >= 0.3 is 0 Å². The molecule has 2 atom stereocenters. The molecule has 2 heterocycles. The summed E-state index contributed by atoms with van der Waals surface area (Å²) in [4.78, 5) is 16.6. The molecular formula is C17H28NO5PS. The lowest BCUT2D eigenvalue weighted by Gasteiger charge is -2.35. The first kappa shape index (κ1) is 20.7. The van der Waals surface area contributed by atoms with Crippen LogP contribution in [0.4, 0.5) is 0 Å². The summed E-state index contributed by atoms with van der Waals surface area (Å²) in [5, 5.41) is 10.3. The summed E-state index contributed by atoms with van der Waals surface area (Å²) in [6.45, 7) is 9.31. The molecule has 1 N–H and O–H groups in total. The van der Waals surface area contributed by atoms with Crippen molar-refractivity contribution in [1.29, 1.82) is 0 Å². The first-order chi connectivity index (χ1) is 11.4. The Balaban J connectivity index is 2.16. The second-order valence-corrected chi connectivity index (χ2v) is 11.8. The van der Waals surface area contributed by atoms with Crippen LogP contribution in [0.25, 0.3) is 0 Å². The number of aliphatic imine (C=N–C) groups is 1. The van der Waals surface area contributed by atoms with Crippen LogP contribution < -0.4 is 0 Å². The van der Waals surface area contributed by atoms with E-state index >= 15 is 0 Å². The van der Waals surface area contributed by atoms with Crippen LogP contribution in [0.3, 0.4) is 0 Å². The summed E-state index contributed by atoms with van der Waals surface area (Å²) in [6, 6.07) is 0. The van der Waals surface area contributed by atoms with Crippen molar-refractivity contribution in [3.05, 3.63) is 11.4 Å². The Morgan fingerprint density at radius 1 is 1.32 bits per heavy atom. The number of hydrogen-bond acceptors (Lipinski definition) is 5. The minimum Gasteiger partial charge on any atom is -0.393 e. The summed E-state index contributed by atoms with van der Waals surface area (Å²) in [5.74, 6) is -0.619. The molecule has 25 heavy (non-hydrogen) atoms. The summed E-state index contributed by atoms with van der Waals surface area (Å²) in [5.41, 5.74) is 0.230. The van der Waals surface area contributed by atoms with Gasteiger partial charge in [-0.1, -0.05) is 13.8 Å². The molecule has 0 saturated carbocycles. The molecule has 142 valence electrons. The highest BCUT2D eigenvalue weighted by atomic mass is 32.2. The van der Waals surface area contributed by atoms with Crippen molar-refractivity contribution < 1.29 is 23.1 Å². The van der Waals surface area contributed by atoms with E-state index in [1.165, 1.54) is 13.8 Å². The molecule has 2 aliphatic rings. The second-order valence-electron chi connectivity index (χ2n) is 7.75. The van der Waals surface area contributed by atoms with Crippen LogP contribution in [-0.2, 0) is 19.4 Å². The van der Waals surface area contributed by atoms with Gasteiger partial charge in [0.05, 0.1) is 16.8 Å². The van der Waals surface area contributed by atoms with Gasteiger partial charge in [-0.2, -0.15) is 0 Å². The maximum atomic E-state index is 12.9. The van der Waals surface area contributed by atoms with Gasteiger partial charge in [-0.25, -0.2) is 13.4 Å². The zero-order chi connectivity index (χ0) is 19.0. The van der Waals surface area contributed by atoms with E-state index in [0.717, 1.165) is 5.31 Å². The normalized spacial score (nSPS) is 24.1. The molecule has 1 saturated heterocycles. The van der Waals surface area contributed by atoms with Crippen LogP contribution in [0.5, 0.6) is 0 Å². The van der Waals surface area contributed by atoms with Gasteiger partial charge in [0.2, 0.25) is 0 Å². The van der Waals surface area contributed by atoms with Crippen LogP contribution >= 0.6 is 8.58 Å². The highest BCUT2D eigenvalue weighted by Crippen LogP contribution is 2.49. The van der Waals surface area contributed by atoms with E-state index in [2.05, 4.69) is 4.99 Å². The van der Waals surface area contributed by atoms with Gasteiger partial charge in [0.25, 0.3) is 5.91 Å². The molecule has 0 aromatic carbocycles. The van der Waals surface area contributed by atoms with Gasteiger partial charge in [0, 0.05) is 18.6 Å². The highest BCUT2D eigenvalue weighted by Gasteiger charge is 2.47. The maximum Gasteiger partial charge on any atom is 0.267 e. The Kier molecular flexibility index (Phi) is 5.94. The fourth-order valence-corrected chi connectivity index (χ4v) is 5.77. The molecule has 2 rings (SSSR count). The number of carbonyl (C=O) groups is 1. The number of allylic oxidation sites excluding steroid dienone is 1. The maximum absolute atomic E-state index is 12.9. The quantitative estimate of drug-likeness (QED) is 0.728. The minimum atomic E-state index is -3.64. The predicted octanol–water partition coefficient (Wildman–Crippen LogP) is 2.27. The van der Waals surface area contributed by atoms with E-state index in [1.807, 2.05) is 13.8 Å².